The van der Waals surface area contributed by atoms with Crippen molar-refractivity contribution in [3.05, 3.63) is 163 Å². The second-order valence-corrected chi connectivity index (χ2v) is 7.20. The van der Waals surface area contributed by atoms with Crippen LogP contribution >= 0.6 is 0 Å². The Labute approximate surface area is 199 Å². The third kappa shape index (κ3) is 8.60. The number of hydrogen-bond donors (Lipinski definition) is 1. The summed E-state index contributed by atoms with van der Waals surface area (Å²) in [5.74, 6) is 0. The van der Waals surface area contributed by atoms with Gasteiger partial charge in [-0.1, -0.05) is 153 Å². The SMILES string of the molecule is C=Cc1ccccc1.C=Cc1ccccc1C=C.CNC(c1ccccc1)c1ccccc1. The van der Waals surface area contributed by atoms with Crippen LogP contribution in [-0.4, -0.2) is 7.05 Å². The van der Waals surface area contributed by atoms with Crippen LogP contribution in [0.1, 0.15) is 33.9 Å². The Bertz CT molecular complexity index is 1020. The summed E-state index contributed by atoms with van der Waals surface area (Å²) in [6.07, 6.45) is 5.49. The summed E-state index contributed by atoms with van der Waals surface area (Å²) < 4.78 is 0. The second kappa shape index (κ2) is 15.0. The van der Waals surface area contributed by atoms with Crippen molar-refractivity contribution in [2.45, 2.75) is 6.04 Å². The minimum Gasteiger partial charge on any atom is -0.309 e. The lowest BCUT2D eigenvalue weighted by molar-refractivity contribution is 0.692. The molecule has 0 aromatic heterocycles. The first-order chi connectivity index (χ1) is 16.2. The third-order valence-electron chi connectivity index (χ3n) is 5.03. The Morgan fingerprint density at radius 3 is 1.18 bits per heavy atom. The van der Waals surface area contributed by atoms with Crippen LogP contribution in [0.4, 0.5) is 0 Å². The molecule has 1 N–H and O–H groups in total. The van der Waals surface area contributed by atoms with Crippen molar-refractivity contribution in [2.75, 3.05) is 7.05 Å². The lowest BCUT2D eigenvalue weighted by Crippen LogP contribution is -2.17. The van der Waals surface area contributed by atoms with Crippen molar-refractivity contribution in [3.63, 3.8) is 0 Å². The van der Waals surface area contributed by atoms with Crippen molar-refractivity contribution in [1.29, 1.82) is 0 Å². The van der Waals surface area contributed by atoms with E-state index >= 15 is 0 Å². The standard InChI is InChI=1S/C14H15N.C10H10.C8H8/c1-15-14(12-8-4-2-5-9-12)13-10-6-3-7-11-13;1-3-9-7-5-6-8-10(9)4-2;1-2-8-6-4-3-5-7-8/h2-11,14-15H,1H3;3-8H,1-2H2;2-7H,1H2. The van der Waals surface area contributed by atoms with E-state index in [4.69, 9.17) is 0 Å². The van der Waals surface area contributed by atoms with E-state index in [9.17, 15) is 0 Å². The topological polar surface area (TPSA) is 12.0 Å². The highest BCUT2D eigenvalue weighted by Crippen LogP contribution is 2.20. The molecule has 0 aliphatic rings. The molecular formula is C32H33N. The van der Waals surface area contributed by atoms with Gasteiger partial charge in [0.1, 0.15) is 0 Å². The number of hydrogen-bond acceptors (Lipinski definition) is 1. The van der Waals surface area contributed by atoms with E-state index in [1.54, 1.807) is 0 Å². The van der Waals surface area contributed by atoms with E-state index < -0.39 is 0 Å². The molecule has 0 atom stereocenters. The average Bonchev–Trinajstić information content (AvgIpc) is 2.91. The predicted octanol–water partition coefficient (Wildman–Crippen LogP) is 8.30. The van der Waals surface area contributed by atoms with Gasteiger partial charge in [0.05, 0.1) is 6.04 Å². The van der Waals surface area contributed by atoms with Gasteiger partial charge in [-0.25, -0.2) is 0 Å². The zero-order chi connectivity index (χ0) is 23.7. The molecule has 0 spiro atoms. The highest BCUT2D eigenvalue weighted by atomic mass is 14.9. The molecule has 0 bridgehead atoms. The van der Waals surface area contributed by atoms with Crippen molar-refractivity contribution in [1.82, 2.24) is 5.32 Å². The van der Waals surface area contributed by atoms with E-state index in [2.05, 4.69) is 73.6 Å². The first-order valence-electron chi connectivity index (χ1n) is 11.0. The van der Waals surface area contributed by atoms with Crippen molar-refractivity contribution < 1.29 is 0 Å². The van der Waals surface area contributed by atoms with Crippen LogP contribution in [-0.2, 0) is 0 Å². The summed E-state index contributed by atoms with van der Waals surface area (Å²) in [5.41, 5.74) is 6.04. The normalized spacial score (nSPS) is 9.52. The summed E-state index contributed by atoms with van der Waals surface area (Å²) in [6, 6.07) is 39.3. The van der Waals surface area contributed by atoms with Crippen LogP contribution in [0.5, 0.6) is 0 Å². The first kappa shape index (κ1) is 25.3. The monoisotopic (exact) mass is 431 g/mol. The fraction of sp³-hybridized carbons (Fsp3) is 0.0625. The highest BCUT2D eigenvalue weighted by Gasteiger charge is 2.09. The van der Waals surface area contributed by atoms with Gasteiger partial charge in [0.2, 0.25) is 0 Å². The molecule has 1 heteroatoms. The fourth-order valence-corrected chi connectivity index (χ4v) is 3.29. The van der Waals surface area contributed by atoms with Crippen LogP contribution in [0.3, 0.4) is 0 Å². The Morgan fingerprint density at radius 1 is 0.515 bits per heavy atom. The van der Waals surface area contributed by atoms with Crippen molar-refractivity contribution >= 4 is 18.2 Å². The van der Waals surface area contributed by atoms with E-state index in [1.807, 2.05) is 92.0 Å². The zero-order valence-corrected chi connectivity index (χ0v) is 19.4. The molecule has 0 radical (unpaired) electrons. The van der Waals surface area contributed by atoms with E-state index in [-0.39, 0.29) is 6.04 Å². The maximum Gasteiger partial charge on any atom is 0.0574 e. The first-order valence-corrected chi connectivity index (χ1v) is 11.0. The molecule has 0 aliphatic heterocycles. The van der Waals surface area contributed by atoms with Crippen molar-refractivity contribution in [2.24, 2.45) is 0 Å². The highest BCUT2D eigenvalue weighted by molar-refractivity contribution is 5.63. The van der Waals surface area contributed by atoms with Gasteiger partial charge in [0.15, 0.2) is 0 Å². The van der Waals surface area contributed by atoms with E-state index in [1.165, 1.54) is 16.7 Å². The van der Waals surface area contributed by atoms with Gasteiger partial charge in [-0.3, -0.25) is 0 Å². The van der Waals surface area contributed by atoms with Crippen molar-refractivity contribution in [3.8, 4) is 0 Å². The minimum absolute atomic E-state index is 0.285. The van der Waals surface area contributed by atoms with Gasteiger partial charge in [-0.15, -0.1) is 0 Å². The van der Waals surface area contributed by atoms with Gasteiger partial charge < -0.3 is 5.32 Å². The zero-order valence-electron chi connectivity index (χ0n) is 19.4. The molecule has 0 unspecified atom stereocenters. The summed E-state index contributed by atoms with van der Waals surface area (Å²) in [5, 5.41) is 3.33. The van der Waals surface area contributed by atoms with Crippen LogP contribution in [0.25, 0.3) is 18.2 Å². The van der Waals surface area contributed by atoms with E-state index in [0.717, 1.165) is 11.1 Å². The van der Waals surface area contributed by atoms with Crippen LogP contribution in [0.15, 0.2) is 135 Å². The van der Waals surface area contributed by atoms with Gasteiger partial charge in [-0.05, 0) is 34.9 Å². The molecule has 4 rings (SSSR count). The molecule has 0 saturated carbocycles. The summed E-state index contributed by atoms with van der Waals surface area (Å²) in [4.78, 5) is 0. The average molecular weight is 432 g/mol. The third-order valence-corrected chi connectivity index (χ3v) is 5.03. The molecular weight excluding hydrogens is 398 g/mol. The van der Waals surface area contributed by atoms with Gasteiger partial charge in [-0.2, -0.15) is 0 Å². The molecule has 33 heavy (non-hydrogen) atoms. The fourth-order valence-electron chi connectivity index (χ4n) is 3.29. The molecule has 0 heterocycles. The van der Waals surface area contributed by atoms with Crippen LogP contribution in [0.2, 0.25) is 0 Å². The Hall–Kier alpha value is -3.94. The number of rotatable bonds is 6. The lowest BCUT2D eigenvalue weighted by Gasteiger charge is -2.16. The summed E-state index contributed by atoms with van der Waals surface area (Å²) >= 11 is 0. The molecule has 1 nitrogen and oxygen atoms in total. The smallest absolute Gasteiger partial charge is 0.0574 e. The largest absolute Gasteiger partial charge is 0.309 e. The molecule has 0 saturated heterocycles. The van der Waals surface area contributed by atoms with Gasteiger partial charge >= 0.3 is 0 Å². The minimum atomic E-state index is 0.285. The Morgan fingerprint density at radius 2 is 0.879 bits per heavy atom. The van der Waals surface area contributed by atoms with Crippen LogP contribution in [0, 0.1) is 0 Å². The Kier molecular flexibility index (Phi) is 11.5. The molecule has 0 aliphatic carbocycles. The Balaban J connectivity index is 0.000000186. The summed E-state index contributed by atoms with van der Waals surface area (Å²) in [6.45, 7) is 11.0. The second-order valence-electron chi connectivity index (χ2n) is 7.20. The van der Waals surface area contributed by atoms with Gasteiger partial charge in [0.25, 0.3) is 0 Å². The predicted molar refractivity (Wildman–Crippen MR) is 147 cm³/mol. The molecule has 4 aromatic carbocycles. The van der Waals surface area contributed by atoms with E-state index in [0.29, 0.717) is 0 Å². The molecule has 0 amide bonds. The quantitative estimate of drug-likeness (QED) is 0.324. The maximum atomic E-state index is 3.69. The summed E-state index contributed by atoms with van der Waals surface area (Å²) in [7, 11) is 1.99. The van der Waals surface area contributed by atoms with Crippen LogP contribution < -0.4 is 5.32 Å². The molecule has 0 fully saturated rings. The molecule has 4 aromatic rings. The maximum absolute atomic E-state index is 3.69. The number of benzene rings is 4. The lowest BCUT2D eigenvalue weighted by atomic mass is 9.99. The number of nitrogens with one attached hydrogen (secondary N) is 1. The van der Waals surface area contributed by atoms with Gasteiger partial charge in [0, 0.05) is 0 Å². The molecule has 166 valence electrons.